The molecule has 0 spiro atoms. The molecule has 9 heavy (non-hydrogen) atoms. The molecule has 1 rings (SSSR count). The zero-order valence-electron chi connectivity index (χ0n) is 5.43. The van der Waals surface area contributed by atoms with Crippen molar-refractivity contribution in [3.63, 3.8) is 0 Å². The van der Waals surface area contributed by atoms with Crippen LogP contribution in [0, 0.1) is 5.21 Å². The molecule has 0 aromatic rings. The molecule has 1 aliphatic rings. The van der Waals surface area contributed by atoms with Gasteiger partial charge in [0.2, 0.25) is 0 Å². The molecule has 0 aromatic carbocycles. The third kappa shape index (κ3) is 1.05. The first-order chi connectivity index (χ1) is 4.04. The van der Waals surface area contributed by atoms with Crippen LogP contribution in [-0.2, 0) is 4.74 Å². The van der Waals surface area contributed by atoms with Gasteiger partial charge in [-0.25, -0.2) is 0 Å². The standard InChI is InChI=1S/C5H9NO2S/c1-5(2)3-8-4(9)6(5)7/h6H,3H2,1-2H3. The molecule has 0 saturated carbocycles. The maximum absolute atomic E-state index is 11.0. The van der Waals surface area contributed by atoms with E-state index in [-0.39, 0.29) is 15.8 Å². The quantitative estimate of drug-likeness (QED) is 0.369. The Morgan fingerprint density at radius 1 is 1.78 bits per heavy atom. The fraction of sp³-hybridized carbons (Fsp3) is 0.800. The zero-order chi connectivity index (χ0) is 7.07. The highest BCUT2D eigenvalue weighted by atomic mass is 32.1. The average molecular weight is 147 g/mol. The molecule has 0 radical (unpaired) electrons. The minimum Gasteiger partial charge on any atom is -0.625 e. The predicted molar refractivity (Wildman–Crippen MR) is 37.0 cm³/mol. The Kier molecular flexibility index (Phi) is 1.46. The number of rotatable bonds is 0. The molecule has 1 unspecified atom stereocenters. The number of nitrogens with one attached hydrogen (secondary N) is 1. The second-order valence-electron chi connectivity index (χ2n) is 2.79. The summed E-state index contributed by atoms with van der Waals surface area (Å²) in [4.78, 5) is 0. The Balaban J connectivity index is 2.73. The van der Waals surface area contributed by atoms with Crippen molar-refractivity contribution in [1.82, 2.24) is 0 Å². The van der Waals surface area contributed by atoms with Crippen LogP contribution in [0.15, 0.2) is 0 Å². The van der Waals surface area contributed by atoms with Gasteiger partial charge in [0.15, 0.2) is 0 Å². The van der Waals surface area contributed by atoms with Crippen molar-refractivity contribution in [2.75, 3.05) is 6.61 Å². The number of ether oxygens (including phenoxy) is 1. The van der Waals surface area contributed by atoms with E-state index >= 15 is 0 Å². The van der Waals surface area contributed by atoms with Gasteiger partial charge in [-0.15, -0.1) is 0 Å². The van der Waals surface area contributed by atoms with E-state index in [0.717, 1.165) is 0 Å². The Labute approximate surface area is 59.2 Å². The van der Waals surface area contributed by atoms with Gasteiger partial charge < -0.3 is 9.94 Å². The minimum absolute atomic E-state index is 0.0440. The van der Waals surface area contributed by atoms with Crippen LogP contribution in [0.25, 0.3) is 0 Å². The van der Waals surface area contributed by atoms with E-state index in [0.29, 0.717) is 6.61 Å². The molecule has 1 saturated heterocycles. The number of hydrogen-bond acceptors (Lipinski definition) is 3. The molecule has 1 heterocycles. The Morgan fingerprint density at radius 2 is 2.33 bits per heavy atom. The highest BCUT2D eigenvalue weighted by Gasteiger charge is 2.37. The molecule has 1 atom stereocenters. The van der Waals surface area contributed by atoms with Crippen LogP contribution in [0.5, 0.6) is 0 Å². The molecule has 1 aliphatic heterocycles. The summed E-state index contributed by atoms with van der Waals surface area (Å²) in [6, 6.07) is 0. The third-order valence-electron chi connectivity index (χ3n) is 1.36. The van der Waals surface area contributed by atoms with Crippen molar-refractivity contribution < 1.29 is 9.80 Å². The Hall–Kier alpha value is -0.190. The van der Waals surface area contributed by atoms with Crippen molar-refractivity contribution in [2.45, 2.75) is 19.4 Å². The van der Waals surface area contributed by atoms with Gasteiger partial charge in [0, 0.05) is 12.2 Å². The summed E-state index contributed by atoms with van der Waals surface area (Å²) in [6.07, 6.45) is 0. The van der Waals surface area contributed by atoms with Crippen molar-refractivity contribution in [2.24, 2.45) is 0 Å². The second kappa shape index (κ2) is 1.90. The van der Waals surface area contributed by atoms with Crippen molar-refractivity contribution in [1.29, 1.82) is 0 Å². The number of hydroxylamine groups is 2. The first kappa shape index (κ1) is 6.92. The van der Waals surface area contributed by atoms with Gasteiger partial charge in [-0.05, 0) is 13.8 Å². The molecule has 0 bridgehead atoms. The van der Waals surface area contributed by atoms with Crippen LogP contribution >= 0.6 is 12.2 Å². The van der Waals surface area contributed by atoms with Gasteiger partial charge in [0.05, 0.1) is 0 Å². The zero-order valence-corrected chi connectivity index (χ0v) is 6.25. The van der Waals surface area contributed by atoms with Gasteiger partial charge in [-0.1, -0.05) is 0 Å². The molecule has 0 aliphatic carbocycles. The molecule has 0 aromatic heterocycles. The van der Waals surface area contributed by atoms with Gasteiger partial charge in [0.25, 0.3) is 0 Å². The maximum atomic E-state index is 11.0. The highest BCUT2D eigenvalue weighted by molar-refractivity contribution is 7.79. The van der Waals surface area contributed by atoms with Crippen LogP contribution in [0.3, 0.4) is 0 Å². The minimum atomic E-state index is -0.378. The summed E-state index contributed by atoms with van der Waals surface area (Å²) >= 11 is 4.62. The summed E-state index contributed by atoms with van der Waals surface area (Å²) in [5.41, 5.74) is -0.378. The fourth-order valence-corrected chi connectivity index (χ4v) is 0.989. The number of hydrogen-bond donors (Lipinski definition) is 1. The topological polar surface area (TPSA) is 36.7 Å². The van der Waals surface area contributed by atoms with E-state index in [1.165, 1.54) is 0 Å². The number of thiocarbonyl (C=S) groups is 1. The molecule has 4 heteroatoms. The normalized spacial score (nSPS) is 32.3. The SMILES string of the molecule is CC1(C)COC(=S)[NH+]1[O-]. The highest BCUT2D eigenvalue weighted by Crippen LogP contribution is 2.03. The first-order valence-corrected chi connectivity index (χ1v) is 3.16. The fourth-order valence-electron chi connectivity index (χ4n) is 0.653. The number of quaternary nitrogens is 1. The monoisotopic (exact) mass is 147 g/mol. The van der Waals surface area contributed by atoms with E-state index in [2.05, 4.69) is 12.2 Å². The summed E-state index contributed by atoms with van der Waals surface area (Å²) in [6.45, 7) is 4.09. The van der Waals surface area contributed by atoms with E-state index in [1.807, 2.05) is 13.8 Å². The van der Waals surface area contributed by atoms with E-state index in [9.17, 15) is 5.21 Å². The van der Waals surface area contributed by atoms with Gasteiger partial charge in [-0.2, -0.15) is 0 Å². The van der Waals surface area contributed by atoms with Crippen molar-refractivity contribution in [3.05, 3.63) is 5.21 Å². The molecule has 1 N–H and O–H groups in total. The smallest absolute Gasteiger partial charge is 0.362 e. The summed E-state index contributed by atoms with van der Waals surface area (Å²) < 4.78 is 4.86. The maximum Gasteiger partial charge on any atom is 0.362 e. The van der Waals surface area contributed by atoms with Crippen LogP contribution in [0.1, 0.15) is 13.8 Å². The van der Waals surface area contributed by atoms with Crippen LogP contribution in [-0.4, -0.2) is 17.3 Å². The first-order valence-electron chi connectivity index (χ1n) is 2.75. The Morgan fingerprint density at radius 3 is 2.44 bits per heavy atom. The van der Waals surface area contributed by atoms with Crippen LogP contribution in [0.4, 0.5) is 0 Å². The second-order valence-corrected chi connectivity index (χ2v) is 3.16. The summed E-state index contributed by atoms with van der Waals surface area (Å²) in [5, 5.41) is 11.1. The van der Waals surface area contributed by atoms with Crippen molar-refractivity contribution in [3.8, 4) is 0 Å². The molecular weight excluding hydrogens is 138 g/mol. The lowest BCUT2D eigenvalue weighted by Gasteiger charge is -2.25. The lowest BCUT2D eigenvalue weighted by atomic mass is 10.1. The predicted octanol–water partition coefficient (Wildman–Crippen LogP) is -0.537. The lowest BCUT2D eigenvalue weighted by molar-refractivity contribution is -0.796. The molecule has 0 amide bonds. The molecular formula is C5H9NO2S. The molecule has 1 fully saturated rings. The average Bonchev–Trinajstić information content (AvgIpc) is 1.97. The van der Waals surface area contributed by atoms with E-state index in [4.69, 9.17) is 4.74 Å². The third-order valence-corrected chi connectivity index (χ3v) is 1.67. The lowest BCUT2D eigenvalue weighted by Crippen LogP contribution is -3.15. The van der Waals surface area contributed by atoms with Crippen molar-refractivity contribution >= 4 is 17.4 Å². The van der Waals surface area contributed by atoms with Gasteiger partial charge in [-0.3, -0.25) is 5.06 Å². The van der Waals surface area contributed by atoms with Crippen LogP contribution in [0.2, 0.25) is 0 Å². The Bertz CT molecular complexity index is 146. The van der Waals surface area contributed by atoms with Crippen LogP contribution < -0.4 is 5.06 Å². The molecule has 3 nitrogen and oxygen atoms in total. The summed E-state index contributed by atoms with van der Waals surface area (Å²) in [5.74, 6) is 0. The van der Waals surface area contributed by atoms with Gasteiger partial charge in [0.1, 0.15) is 12.1 Å². The van der Waals surface area contributed by atoms with E-state index in [1.54, 1.807) is 0 Å². The largest absolute Gasteiger partial charge is 0.625 e. The molecule has 52 valence electrons. The van der Waals surface area contributed by atoms with E-state index < -0.39 is 0 Å². The summed E-state index contributed by atoms with van der Waals surface area (Å²) in [7, 11) is 0. The van der Waals surface area contributed by atoms with Gasteiger partial charge >= 0.3 is 5.17 Å².